The van der Waals surface area contributed by atoms with Crippen molar-refractivity contribution in [1.29, 1.82) is 0 Å². The molecule has 0 amide bonds. The highest BCUT2D eigenvalue weighted by atomic mass is 16.7. The Bertz CT molecular complexity index is 243. The fourth-order valence-electron chi connectivity index (χ4n) is 0.581. The van der Waals surface area contributed by atoms with Gasteiger partial charge in [0.2, 0.25) is 11.5 Å². The van der Waals surface area contributed by atoms with E-state index < -0.39 is 23.3 Å². The van der Waals surface area contributed by atoms with E-state index in [9.17, 15) is 0 Å². The van der Waals surface area contributed by atoms with Crippen LogP contribution < -0.4 is 0 Å². The minimum Gasteiger partial charge on any atom is -0.500 e. The van der Waals surface area contributed by atoms with Crippen molar-refractivity contribution in [3.05, 3.63) is 23.3 Å². The van der Waals surface area contributed by atoms with Gasteiger partial charge in [-0.1, -0.05) is 10.3 Å². The van der Waals surface area contributed by atoms with Gasteiger partial charge in [0.1, 0.15) is 0 Å². The summed E-state index contributed by atoms with van der Waals surface area (Å²) in [7, 11) is 0. The molecule has 0 radical (unpaired) electrons. The molecular formula is C4H6N2O6. The van der Waals surface area contributed by atoms with Gasteiger partial charge in [-0.05, 0) is 0 Å². The quantitative estimate of drug-likeness (QED) is 0.302. The lowest BCUT2D eigenvalue weighted by atomic mass is 10.4. The van der Waals surface area contributed by atoms with Gasteiger partial charge in [0.05, 0.1) is 0 Å². The summed E-state index contributed by atoms with van der Waals surface area (Å²) in [4.78, 5) is 0. The topological polar surface area (TPSA) is 128 Å². The molecular weight excluding hydrogens is 172 g/mol. The highest BCUT2D eigenvalue weighted by Crippen LogP contribution is 2.22. The maximum atomic E-state index is 8.73. The Balaban J connectivity index is 3.18. The molecule has 0 spiro atoms. The summed E-state index contributed by atoms with van der Waals surface area (Å²) in [5, 5.41) is 51.4. The molecule has 0 aromatic rings. The molecule has 0 aromatic heterocycles. The van der Waals surface area contributed by atoms with E-state index >= 15 is 0 Å². The Kier molecular flexibility index (Phi) is 1.63. The first kappa shape index (κ1) is 8.30. The predicted molar refractivity (Wildman–Crippen MR) is 31.8 cm³/mol. The molecule has 1 heterocycles. The van der Waals surface area contributed by atoms with Crippen LogP contribution in [0.1, 0.15) is 0 Å². The summed E-state index contributed by atoms with van der Waals surface area (Å²) in [6, 6.07) is 0. The van der Waals surface area contributed by atoms with Crippen molar-refractivity contribution in [3.8, 4) is 0 Å². The fourth-order valence-corrected chi connectivity index (χ4v) is 0.581. The Morgan fingerprint density at radius 3 is 1.17 bits per heavy atom. The first-order valence-corrected chi connectivity index (χ1v) is 2.69. The van der Waals surface area contributed by atoms with E-state index in [0.717, 1.165) is 0 Å². The number of hydrazine groups is 1. The fraction of sp³-hybridized carbons (Fsp3) is 0. The second-order valence-electron chi connectivity index (χ2n) is 1.92. The smallest absolute Gasteiger partial charge is 0.282 e. The van der Waals surface area contributed by atoms with Crippen LogP contribution in [-0.2, 0) is 0 Å². The first-order chi connectivity index (χ1) is 5.46. The second-order valence-corrected chi connectivity index (χ2v) is 1.92. The number of hydroxylamine groups is 2. The number of aliphatic hydroxyl groups excluding tert-OH is 4. The zero-order valence-corrected chi connectivity index (χ0v) is 5.58. The molecule has 68 valence electrons. The third-order valence-electron chi connectivity index (χ3n) is 1.21. The average molecular weight is 178 g/mol. The largest absolute Gasteiger partial charge is 0.500 e. The molecule has 1 rings (SSSR count). The van der Waals surface area contributed by atoms with Crippen molar-refractivity contribution in [2.24, 2.45) is 0 Å². The van der Waals surface area contributed by atoms with Crippen LogP contribution in [0, 0.1) is 0 Å². The SMILES string of the molecule is OC1=C(O)N(O)N(O)C(O)=C1O. The highest BCUT2D eigenvalue weighted by molar-refractivity contribution is 5.23. The summed E-state index contributed by atoms with van der Waals surface area (Å²) < 4.78 is 0. The molecule has 8 heteroatoms. The van der Waals surface area contributed by atoms with Gasteiger partial charge in [0.15, 0.2) is 0 Å². The van der Waals surface area contributed by atoms with Crippen molar-refractivity contribution < 1.29 is 30.8 Å². The standard InChI is InChI=1S/C4H6N2O6/c7-1-2(8)4(10)6(12)5(11)3(1)9/h7-12H. The van der Waals surface area contributed by atoms with Crippen molar-refractivity contribution >= 4 is 0 Å². The van der Waals surface area contributed by atoms with Gasteiger partial charge in [-0.3, -0.25) is 10.4 Å². The lowest BCUT2D eigenvalue weighted by Crippen LogP contribution is -2.40. The van der Waals surface area contributed by atoms with Crippen LogP contribution >= 0.6 is 0 Å². The Morgan fingerprint density at radius 2 is 0.917 bits per heavy atom. The predicted octanol–water partition coefficient (Wildman–Crippen LogP) is -0.132. The second kappa shape index (κ2) is 2.36. The van der Waals surface area contributed by atoms with Crippen LogP contribution in [0.15, 0.2) is 23.3 Å². The zero-order chi connectivity index (χ0) is 9.46. The maximum absolute atomic E-state index is 8.73. The van der Waals surface area contributed by atoms with Crippen molar-refractivity contribution in [2.45, 2.75) is 0 Å². The number of nitrogens with zero attached hydrogens (tertiary/aromatic N) is 2. The first-order valence-electron chi connectivity index (χ1n) is 2.69. The van der Waals surface area contributed by atoms with Gasteiger partial charge in [-0.15, -0.1) is 0 Å². The molecule has 0 aromatic carbocycles. The summed E-state index contributed by atoms with van der Waals surface area (Å²) in [5.74, 6) is -4.73. The molecule has 1 aliphatic heterocycles. The van der Waals surface area contributed by atoms with Gasteiger partial charge < -0.3 is 20.4 Å². The lowest BCUT2D eigenvalue weighted by Gasteiger charge is -2.27. The van der Waals surface area contributed by atoms with Crippen LogP contribution in [0.4, 0.5) is 0 Å². The molecule has 12 heavy (non-hydrogen) atoms. The molecule has 0 bridgehead atoms. The molecule has 0 unspecified atom stereocenters. The van der Waals surface area contributed by atoms with Crippen LogP contribution in [0.5, 0.6) is 0 Å². The normalized spacial score (nSPS) is 19.2. The van der Waals surface area contributed by atoms with Gasteiger partial charge in [-0.2, -0.15) is 0 Å². The lowest BCUT2D eigenvalue weighted by molar-refractivity contribution is -0.362. The van der Waals surface area contributed by atoms with Gasteiger partial charge >= 0.3 is 0 Å². The molecule has 8 nitrogen and oxygen atoms in total. The van der Waals surface area contributed by atoms with Gasteiger partial charge in [0, 0.05) is 0 Å². The monoisotopic (exact) mass is 178 g/mol. The Hall–Kier alpha value is -1.80. The van der Waals surface area contributed by atoms with Crippen molar-refractivity contribution in [2.75, 3.05) is 0 Å². The van der Waals surface area contributed by atoms with Gasteiger partial charge in [-0.25, -0.2) is 0 Å². The van der Waals surface area contributed by atoms with E-state index in [1.807, 2.05) is 0 Å². The minimum absolute atomic E-state index is 0.371. The highest BCUT2D eigenvalue weighted by Gasteiger charge is 2.32. The number of rotatable bonds is 0. The van der Waals surface area contributed by atoms with E-state index in [-0.39, 0.29) is 10.3 Å². The van der Waals surface area contributed by atoms with E-state index in [0.29, 0.717) is 0 Å². The van der Waals surface area contributed by atoms with E-state index in [1.54, 1.807) is 0 Å². The summed E-state index contributed by atoms with van der Waals surface area (Å²) >= 11 is 0. The summed E-state index contributed by atoms with van der Waals surface area (Å²) in [6.45, 7) is 0. The summed E-state index contributed by atoms with van der Waals surface area (Å²) in [5.41, 5.74) is 0. The van der Waals surface area contributed by atoms with E-state index in [2.05, 4.69) is 0 Å². The van der Waals surface area contributed by atoms with E-state index in [4.69, 9.17) is 30.8 Å². The molecule has 1 aliphatic rings. The number of hydrogen-bond acceptors (Lipinski definition) is 8. The maximum Gasteiger partial charge on any atom is 0.282 e. The van der Waals surface area contributed by atoms with Crippen LogP contribution in [0.2, 0.25) is 0 Å². The Labute approximate surface area is 65.6 Å². The van der Waals surface area contributed by atoms with Crippen LogP contribution in [-0.4, -0.2) is 41.2 Å². The molecule has 0 fully saturated rings. The minimum atomic E-state index is -1.22. The molecule has 6 N–H and O–H groups in total. The van der Waals surface area contributed by atoms with Crippen molar-refractivity contribution in [1.82, 2.24) is 10.3 Å². The van der Waals surface area contributed by atoms with Crippen LogP contribution in [0.25, 0.3) is 0 Å². The molecule has 0 aliphatic carbocycles. The van der Waals surface area contributed by atoms with Crippen LogP contribution in [0.3, 0.4) is 0 Å². The zero-order valence-electron chi connectivity index (χ0n) is 5.58. The summed E-state index contributed by atoms with van der Waals surface area (Å²) in [6.07, 6.45) is 0. The third kappa shape index (κ3) is 0.863. The number of aliphatic hydroxyl groups is 4. The molecule has 0 saturated heterocycles. The van der Waals surface area contributed by atoms with Gasteiger partial charge in [0.25, 0.3) is 11.8 Å². The Morgan fingerprint density at radius 1 is 0.667 bits per heavy atom. The molecule has 0 atom stereocenters. The third-order valence-corrected chi connectivity index (χ3v) is 1.21. The van der Waals surface area contributed by atoms with Crippen molar-refractivity contribution in [3.63, 3.8) is 0 Å². The average Bonchev–Trinajstić information content (AvgIpc) is 2.08. The molecule has 0 saturated carbocycles. The number of hydrogen-bond donors (Lipinski definition) is 6. The van der Waals surface area contributed by atoms with E-state index in [1.165, 1.54) is 0 Å².